The molecule has 6 heteroatoms. The third kappa shape index (κ3) is 3.66. The van der Waals surface area contributed by atoms with Gasteiger partial charge in [-0.25, -0.2) is 0 Å². The lowest BCUT2D eigenvalue weighted by Crippen LogP contribution is -2.60. The van der Waals surface area contributed by atoms with Crippen LogP contribution >= 0.6 is 0 Å². The Morgan fingerprint density at radius 1 is 1.32 bits per heavy atom. The van der Waals surface area contributed by atoms with Gasteiger partial charge < -0.3 is 20.3 Å². The van der Waals surface area contributed by atoms with Crippen LogP contribution in [-0.4, -0.2) is 92.7 Å². The van der Waals surface area contributed by atoms with Gasteiger partial charge in [0.05, 0.1) is 6.61 Å². The lowest BCUT2D eigenvalue weighted by molar-refractivity contribution is -0.138. The number of carbonyl (C=O) groups excluding carboxylic acids is 1. The number of likely N-dealkylation sites (N-methyl/N-ethyl adjacent to an activating group) is 1. The van der Waals surface area contributed by atoms with Gasteiger partial charge in [0.2, 0.25) is 5.91 Å². The average molecular weight is 270 g/mol. The van der Waals surface area contributed by atoms with Gasteiger partial charge in [-0.2, -0.15) is 0 Å². The second kappa shape index (κ2) is 6.17. The zero-order chi connectivity index (χ0) is 13.9. The van der Waals surface area contributed by atoms with Gasteiger partial charge in [0.25, 0.3) is 0 Å². The molecule has 2 saturated heterocycles. The minimum Gasteiger partial charge on any atom is -0.379 e. The van der Waals surface area contributed by atoms with Crippen LogP contribution in [0.4, 0.5) is 0 Å². The van der Waals surface area contributed by atoms with Crippen molar-refractivity contribution in [3.63, 3.8) is 0 Å². The molecule has 2 N–H and O–H groups in total. The van der Waals surface area contributed by atoms with Gasteiger partial charge in [0.15, 0.2) is 0 Å². The third-order valence-corrected chi connectivity index (χ3v) is 4.00. The molecule has 19 heavy (non-hydrogen) atoms. The quantitative estimate of drug-likeness (QED) is 0.696. The molecular formula is C13H26N4O2. The van der Waals surface area contributed by atoms with E-state index in [-0.39, 0.29) is 5.91 Å². The summed E-state index contributed by atoms with van der Waals surface area (Å²) in [7, 11) is 4.16. The molecular weight excluding hydrogens is 244 g/mol. The van der Waals surface area contributed by atoms with Crippen LogP contribution in [-0.2, 0) is 9.53 Å². The van der Waals surface area contributed by atoms with Gasteiger partial charge in [-0.15, -0.1) is 0 Å². The van der Waals surface area contributed by atoms with Gasteiger partial charge in [-0.1, -0.05) is 0 Å². The minimum atomic E-state index is -0.772. The molecule has 0 aromatic heterocycles. The molecule has 0 radical (unpaired) electrons. The fourth-order valence-electron chi connectivity index (χ4n) is 2.58. The standard InChI is InChI=1S/C13H26N4O2/c1-15(2)4-5-16-6-8-17(9-7-16)12(18)13(14)3-10-19-11-13/h3-11,14H2,1-2H3. The molecule has 0 aromatic carbocycles. The van der Waals surface area contributed by atoms with E-state index in [9.17, 15) is 4.79 Å². The highest BCUT2D eigenvalue weighted by atomic mass is 16.5. The molecule has 6 nitrogen and oxygen atoms in total. The molecule has 0 spiro atoms. The predicted molar refractivity (Wildman–Crippen MR) is 73.9 cm³/mol. The average Bonchev–Trinajstić information content (AvgIpc) is 2.84. The number of piperazine rings is 1. The number of hydrogen-bond acceptors (Lipinski definition) is 5. The summed E-state index contributed by atoms with van der Waals surface area (Å²) >= 11 is 0. The van der Waals surface area contributed by atoms with Crippen LogP contribution in [0.1, 0.15) is 6.42 Å². The Kier molecular flexibility index (Phi) is 4.78. The van der Waals surface area contributed by atoms with E-state index in [1.165, 1.54) is 0 Å². The van der Waals surface area contributed by atoms with E-state index >= 15 is 0 Å². The maximum atomic E-state index is 12.4. The highest BCUT2D eigenvalue weighted by molar-refractivity contribution is 5.86. The summed E-state index contributed by atoms with van der Waals surface area (Å²) < 4.78 is 5.27. The number of hydrogen-bond donors (Lipinski definition) is 1. The number of nitrogens with zero attached hydrogens (tertiary/aromatic N) is 3. The van der Waals surface area contributed by atoms with Crippen molar-refractivity contribution < 1.29 is 9.53 Å². The van der Waals surface area contributed by atoms with E-state index in [1.54, 1.807) is 0 Å². The molecule has 2 aliphatic heterocycles. The molecule has 1 unspecified atom stereocenters. The van der Waals surface area contributed by atoms with Crippen molar-refractivity contribution in [3.05, 3.63) is 0 Å². The Hall–Kier alpha value is -0.690. The van der Waals surface area contributed by atoms with Crippen molar-refractivity contribution in [2.75, 3.05) is 66.6 Å². The van der Waals surface area contributed by atoms with Crippen molar-refractivity contribution in [2.45, 2.75) is 12.0 Å². The lowest BCUT2D eigenvalue weighted by atomic mass is 9.98. The first-order valence-corrected chi connectivity index (χ1v) is 7.04. The van der Waals surface area contributed by atoms with Crippen molar-refractivity contribution >= 4 is 5.91 Å². The van der Waals surface area contributed by atoms with Gasteiger partial charge in [0.1, 0.15) is 5.54 Å². The van der Waals surface area contributed by atoms with Gasteiger partial charge in [0, 0.05) is 45.9 Å². The Morgan fingerprint density at radius 2 is 2.00 bits per heavy atom. The van der Waals surface area contributed by atoms with Crippen molar-refractivity contribution in [2.24, 2.45) is 5.73 Å². The van der Waals surface area contributed by atoms with E-state index in [4.69, 9.17) is 10.5 Å². The number of nitrogens with two attached hydrogens (primary N) is 1. The molecule has 2 aliphatic rings. The highest BCUT2D eigenvalue weighted by Crippen LogP contribution is 2.19. The second-order valence-corrected chi connectivity index (χ2v) is 5.90. The molecule has 0 aliphatic carbocycles. The number of amides is 1. The van der Waals surface area contributed by atoms with E-state index < -0.39 is 5.54 Å². The molecule has 1 amide bonds. The first-order chi connectivity index (χ1) is 9.01. The maximum absolute atomic E-state index is 12.4. The molecule has 2 heterocycles. The SMILES string of the molecule is CN(C)CCN1CCN(C(=O)C2(N)CCOC2)CC1. The normalized spacial score (nSPS) is 29.2. The first kappa shape index (κ1) is 14.7. The van der Waals surface area contributed by atoms with Gasteiger partial charge in [-0.05, 0) is 20.5 Å². The summed E-state index contributed by atoms with van der Waals surface area (Å²) in [6.45, 7) is 6.54. The zero-order valence-corrected chi connectivity index (χ0v) is 12.1. The minimum absolute atomic E-state index is 0.0669. The van der Waals surface area contributed by atoms with Crippen LogP contribution < -0.4 is 5.73 Å². The summed E-state index contributed by atoms with van der Waals surface area (Å²) in [5.74, 6) is 0.0669. The van der Waals surface area contributed by atoms with E-state index in [2.05, 4.69) is 23.9 Å². The zero-order valence-electron chi connectivity index (χ0n) is 12.1. The summed E-state index contributed by atoms with van der Waals surface area (Å²) in [5, 5.41) is 0. The highest BCUT2D eigenvalue weighted by Gasteiger charge is 2.41. The monoisotopic (exact) mass is 270 g/mol. The van der Waals surface area contributed by atoms with Crippen LogP contribution in [0.5, 0.6) is 0 Å². The molecule has 1 atom stereocenters. The van der Waals surface area contributed by atoms with Crippen molar-refractivity contribution in [3.8, 4) is 0 Å². The van der Waals surface area contributed by atoms with E-state index in [0.29, 0.717) is 19.6 Å². The number of rotatable bonds is 4. The van der Waals surface area contributed by atoms with Gasteiger partial charge in [-0.3, -0.25) is 9.69 Å². The smallest absolute Gasteiger partial charge is 0.245 e. The van der Waals surface area contributed by atoms with Crippen LogP contribution in [0.25, 0.3) is 0 Å². The summed E-state index contributed by atoms with van der Waals surface area (Å²) in [6.07, 6.45) is 0.646. The fraction of sp³-hybridized carbons (Fsp3) is 0.923. The van der Waals surface area contributed by atoms with Crippen LogP contribution in [0.2, 0.25) is 0 Å². The van der Waals surface area contributed by atoms with Crippen LogP contribution in [0, 0.1) is 0 Å². The first-order valence-electron chi connectivity index (χ1n) is 7.04. The summed E-state index contributed by atoms with van der Waals surface area (Å²) in [5.41, 5.74) is 5.36. The Labute approximate surface area is 115 Å². The van der Waals surface area contributed by atoms with Crippen LogP contribution in [0.15, 0.2) is 0 Å². The van der Waals surface area contributed by atoms with E-state index in [1.807, 2.05) is 4.90 Å². The van der Waals surface area contributed by atoms with Crippen LogP contribution in [0.3, 0.4) is 0 Å². The molecule has 0 aromatic rings. The number of carbonyl (C=O) groups is 1. The fourth-order valence-corrected chi connectivity index (χ4v) is 2.58. The maximum Gasteiger partial charge on any atom is 0.245 e. The predicted octanol–water partition coefficient (Wildman–Crippen LogP) is -1.19. The number of ether oxygens (including phenoxy) is 1. The third-order valence-electron chi connectivity index (χ3n) is 4.00. The van der Waals surface area contributed by atoms with Crippen molar-refractivity contribution in [1.29, 1.82) is 0 Å². The molecule has 2 rings (SSSR count). The molecule has 110 valence electrons. The lowest BCUT2D eigenvalue weighted by Gasteiger charge is -2.38. The Balaban J connectivity index is 1.78. The Bertz CT molecular complexity index is 308. The molecule has 0 bridgehead atoms. The Morgan fingerprint density at radius 3 is 2.53 bits per heavy atom. The largest absolute Gasteiger partial charge is 0.379 e. The van der Waals surface area contributed by atoms with E-state index in [0.717, 1.165) is 39.3 Å². The summed E-state index contributed by atoms with van der Waals surface area (Å²) in [6, 6.07) is 0. The second-order valence-electron chi connectivity index (χ2n) is 5.90. The molecule has 2 fully saturated rings. The summed E-state index contributed by atoms with van der Waals surface area (Å²) in [4.78, 5) is 18.9. The van der Waals surface area contributed by atoms with Gasteiger partial charge >= 0.3 is 0 Å². The van der Waals surface area contributed by atoms with Crippen molar-refractivity contribution in [1.82, 2.24) is 14.7 Å². The topological polar surface area (TPSA) is 62.0 Å². The molecule has 0 saturated carbocycles.